The maximum Gasteiger partial charge on any atom is 0.307 e. The molecular formula is C8H14N2O3. The number of hydrogen-bond acceptors (Lipinski definition) is 3. The number of carboxylic acids is 1. The summed E-state index contributed by atoms with van der Waals surface area (Å²) in [6, 6.07) is 0.0487. The Bertz CT molecular complexity index is 234. The van der Waals surface area contributed by atoms with Crippen molar-refractivity contribution in [2.75, 3.05) is 0 Å². The Morgan fingerprint density at radius 1 is 1.54 bits per heavy atom. The Hall–Kier alpha value is -1.52. The van der Waals surface area contributed by atoms with Crippen LogP contribution in [0.25, 0.3) is 0 Å². The Labute approximate surface area is 76.6 Å². The minimum Gasteiger partial charge on any atom is -0.481 e. The van der Waals surface area contributed by atoms with E-state index in [1.54, 1.807) is 0 Å². The minimum absolute atomic E-state index is 0.0487. The van der Waals surface area contributed by atoms with Crippen molar-refractivity contribution in [1.29, 1.82) is 0 Å². The molecule has 5 nitrogen and oxygen atoms in total. The van der Waals surface area contributed by atoms with Crippen LogP contribution in [-0.2, 0) is 9.59 Å². The molecule has 0 aliphatic rings. The van der Waals surface area contributed by atoms with Gasteiger partial charge >= 0.3 is 5.97 Å². The van der Waals surface area contributed by atoms with Gasteiger partial charge in [0.25, 0.3) is 5.91 Å². The zero-order valence-corrected chi connectivity index (χ0v) is 7.70. The highest BCUT2D eigenvalue weighted by atomic mass is 16.4. The van der Waals surface area contributed by atoms with Gasteiger partial charge in [-0.1, -0.05) is 0 Å². The van der Waals surface area contributed by atoms with Gasteiger partial charge in [0.15, 0.2) is 0 Å². The number of carbonyl (C=O) groups excluding carboxylic acids is 1. The number of carboxylic acid groups (broad SMARTS) is 1. The van der Waals surface area contributed by atoms with Crippen LogP contribution in [0.1, 0.15) is 20.3 Å². The Kier molecular flexibility index (Phi) is 4.58. The quantitative estimate of drug-likeness (QED) is 0.520. The third-order valence-electron chi connectivity index (χ3n) is 1.19. The van der Waals surface area contributed by atoms with E-state index in [0.29, 0.717) is 0 Å². The predicted octanol–water partition coefficient (Wildman–Crippen LogP) is -0.172. The molecule has 0 atom stereocenters. The lowest BCUT2D eigenvalue weighted by molar-refractivity contribution is -0.136. The fourth-order valence-corrected chi connectivity index (χ4v) is 0.731. The van der Waals surface area contributed by atoms with E-state index in [4.69, 9.17) is 10.8 Å². The highest BCUT2D eigenvalue weighted by Gasteiger charge is 2.06. The number of nitrogens with one attached hydrogen (secondary N) is 1. The van der Waals surface area contributed by atoms with E-state index in [9.17, 15) is 9.59 Å². The zero-order valence-electron chi connectivity index (χ0n) is 7.70. The summed E-state index contributed by atoms with van der Waals surface area (Å²) in [4.78, 5) is 20.9. The van der Waals surface area contributed by atoms with E-state index in [2.05, 4.69) is 5.32 Å². The van der Waals surface area contributed by atoms with Crippen LogP contribution in [0, 0.1) is 0 Å². The summed E-state index contributed by atoms with van der Waals surface area (Å²) in [6.07, 6.45) is 1.06. The number of primary amides is 1. The summed E-state index contributed by atoms with van der Waals surface area (Å²) in [5.41, 5.74) is 5.16. The number of carbonyl (C=O) groups is 2. The maximum absolute atomic E-state index is 10.7. The molecular weight excluding hydrogens is 172 g/mol. The van der Waals surface area contributed by atoms with Crippen molar-refractivity contribution in [3.05, 3.63) is 11.8 Å². The van der Waals surface area contributed by atoms with Crippen LogP contribution in [0.2, 0.25) is 0 Å². The van der Waals surface area contributed by atoms with E-state index < -0.39 is 11.9 Å². The summed E-state index contributed by atoms with van der Waals surface area (Å²) in [7, 11) is 0. The van der Waals surface area contributed by atoms with Gasteiger partial charge in [-0.15, -0.1) is 0 Å². The average molecular weight is 186 g/mol. The highest BCUT2D eigenvalue weighted by Crippen LogP contribution is 1.94. The van der Waals surface area contributed by atoms with Crippen molar-refractivity contribution in [2.24, 2.45) is 5.73 Å². The molecule has 5 heteroatoms. The first-order chi connectivity index (χ1) is 5.93. The van der Waals surface area contributed by atoms with Crippen LogP contribution in [0.3, 0.4) is 0 Å². The molecule has 0 aromatic rings. The molecule has 0 bridgehead atoms. The molecule has 0 saturated heterocycles. The van der Waals surface area contributed by atoms with Gasteiger partial charge < -0.3 is 16.2 Å². The Morgan fingerprint density at radius 2 is 2.08 bits per heavy atom. The topological polar surface area (TPSA) is 92.4 Å². The molecule has 0 aliphatic heterocycles. The summed E-state index contributed by atoms with van der Waals surface area (Å²) in [5.74, 6) is -1.64. The van der Waals surface area contributed by atoms with Gasteiger partial charge in [0.05, 0.1) is 12.1 Å². The normalized spacial score (nSPS) is 11.5. The van der Waals surface area contributed by atoms with E-state index in [-0.39, 0.29) is 18.2 Å². The van der Waals surface area contributed by atoms with Gasteiger partial charge in [-0.05, 0) is 19.9 Å². The largest absolute Gasteiger partial charge is 0.481 e. The van der Waals surface area contributed by atoms with E-state index in [1.807, 2.05) is 13.8 Å². The van der Waals surface area contributed by atoms with Crippen LogP contribution in [0.15, 0.2) is 11.8 Å². The lowest BCUT2D eigenvalue weighted by Crippen LogP contribution is -2.31. The minimum atomic E-state index is -0.996. The molecule has 0 rings (SSSR count). The molecule has 1 amide bonds. The molecule has 0 unspecified atom stereocenters. The first-order valence-electron chi connectivity index (χ1n) is 3.91. The van der Waals surface area contributed by atoms with Crippen molar-refractivity contribution in [1.82, 2.24) is 5.32 Å². The van der Waals surface area contributed by atoms with Gasteiger partial charge in [-0.2, -0.15) is 0 Å². The van der Waals surface area contributed by atoms with Crippen LogP contribution in [0.4, 0.5) is 0 Å². The first-order valence-corrected chi connectivity index (χ1v) is 3.91. The summed E-state index contributed by atoms with van der Waals surface area (Å²) in [5, 5.41) is 11.1. The summed E-state index contributed by atoms with van der Waals surface area (Å²) in [6.45, 7) is 3.66. The third-order valence-corrected chi connectivity index (χ3v) is 1.19. The molecule has 0 radical (unpaired) electrons. The van der Waals surface area contributed by atoms with E-state index in [1.165, 1.54) is 6.08 Å². The van der Waals surface area contributed by atoms with Crippen molar-refractivity contribution in [3.63, 3.8) is 0 Å². The molecule has 13 heavy (non-hydrogen) atoms. The van der Waals surface area contributed by atoms with Crippen LogP contribution in [0.5, 0.6) is 0 Å². The number of hydrogen-bond donors (Lipinski definition) is 3. The highest BCUT2D eigenvalue weighted by molar-refractivity contribution is 5.91. The summed E-state index contributed by atoms with van der Waals surface area (Å²) >= 11 is 0. The second kappa shape index (κ2) is 5.18. The number of aliphatic carboxylic acids is 1. The van der Waals surface area contributed by atoms with Crippen LogP contribution < -0.4 is 11.1 Å². The lowest BCUT2D eigenvalue weighted by Gasteiger charge is -2.10. The van der Waals surface area contributed by atoms with Gasteiger partial charge in [0, 0.05) is 6.04 Å². The number of nitrogens with two attached hydrogens (primary N) is 1. The zero-order chi connectivity index (χ0) is 10.4. The van der Waals surface area contributed by atoms with E-state index in [0.717, 1.165) is 0 Å². The van der Waals surface area contributed by atoms with E-state index >= 15 is 0 Å². The molecule has 74 valence electrons. The van der Waals surface area contributed by atoms with Gasteiger partial charge in [-0.25, -0.2) is 0 Å². The second-order valence-electron chi connectivity index (χ2n) is 2.88. The van der Waals surface area contributed by atoms with Crippen LogP contribution >= 0.6 is 0 Å². The average Bonchev–Trinajstić information content (AvgIpc) is 1.96. The van der Waals surface area contributed by atoms with Crippen molar-refractivity contribution >= 4 is 11.9 Å². The molecule has 0 saturated carbocycles. The van der Waals surface area contributed by atoms with Crippen LogP contribution in [-0.4, -0.2) is 23.0 Å². The molecule has 0 aromatic carbocycles. The smallest absolute Gasteiger partial charge is 0.307 e. The SMILES string of the molecule is CC(C)NC(=CCC(=O)O)C(N)=O. The second-order valence-corrected chi connectivity index (χ2v) is 2.88. The molecule has 0 aromatic heterocycles. The monoisotopic (exact) mass is 186 g/mol. The van der Waals surface area contributed by atoms with Gasteiger partial charge in [0.1, 0.15) is 0 Å². The fourth-order valence-electron chi connectivity index (χ4n) is 0.731. The van der Waals surface area contributed by atoms with Crippen molar-refractivity contribution in [2.45, 2.75) is 26.3 Å². The van der Waals surface area contributed by atoms with Gasteiger partial charge in [0.2, 0.25) is 0 Å². The molecule has 4 N–H and O–H groups in total. The fraction of sp³-hybridized carbons (Fsp3) is 0.500. The Morgan fingerprint density at radius 3 is 2.38 bits per heavy atom. The first kappa shape index (κ1) is 11.5. The number of amides is 1. The molecule has 0 aliphatic carbocycles. The third kappa shape index (κ3) is 5.72. The predicted molar refractivity (Wildman–Crippen MR) is 47.8 cm³/mol. The Balaban J connectivity index is 4.32. The maximum atomic E-state index is 10.7. The van der Waals surface area contributed by atoms with Crippen molar-refractivity contribution < 1.29 is 14.7 Å². The molecule has 0 spiro atoms. The van der Waals surface area contributed by atoms with Crippen molar-refractivity contribution in [3.8, 4) is 0 Å². The lowest BCUT2D eigenvalue weighted by atomic mass is 10.3. The number of rotatable bonds is 5. The molecule has 0 heterocycles. The molecule has 0 fully saturated rings. The summed E-state index contributed by atoms with van der Waals surface area (Å²) < 4.78 is 0. The van der Waals surface area contributed by atoms with Gasteiger partial charge in [-0.3, -0.25) is 9.59 Å². The standard InChI is InChI=1S/C8H14N2O3/c1-5(2)10-6(8(9)13)3-4-7(11)12/h3,5,10H,4H2,1-2H3,(H2,9,13)(H,11,12).